The van der Waals surface area contributed by atoms with E-state index in [4.69, 9.17) is 14.2 Å². The van der Waals surface area contributed by atoms with Gasteiger partial charge in [-0.1, -0.05) is 23.1 Å². The Morgan fingerprint density at radius 1 is 1.10 bits per heavy atom. The molecule has 2 aromatic heterocycles. The maximum Gasteiger partial charge on any atom is 0.244 e. The van der Waals surface area contributed by atoms with Crippen molar-refractivity contribution in [3.8, 4) is 17.2 Å². The molecule has 1 N–H and O–H groups in total. The Labute approximate surface area is 187 Å². The summed E-state index contributed by atoms with van der Waals surface area (Å²) in [5, 5.41) is 11.8. The van der Waals surface area contributed by atoms with Crippen LogP contribution in [0.5, 0.6) is 17.2 Å². The summed E-state index contributed by atoms with van der Waals surface area (Å²) in [5.41, 5.74) is 0.991. The third-order valence-electron chi connectivity index (χ3n) is 4.23. The maximum atomic E-state index is 12.7. The number of nitrogens with zero attached hydrogens (tertiary/aromatic N) is 3. The maximum absolute atomic E-state index is 12.7. The van der Waals surface area contributed by atoms with Gasteiger partial charge in [0, 0.05) is 29.3 Å². The van der Waals surface area contributed by atoms with E-state index in [0.717, 1.165) is 9.35 Å². The van der Waals surface area contributed by atoms with Crippen LogP contribution in [-0.4, -0.2) is 42.0 Å². The van der Waals surface area contributed by atoms with E-state index in [1.165, 1.54) is 49.6 Å². The highest BCUT2D eigenvalue weighted by Gasteiger charge is 2.13. The van der Waals surface area contributed by atoms with Gasteiger partial charge in [-0.05, 0) is 19.1 Å². The Balaban J connectivity index is 1.78. The van der Waals surface area contributed by atoms with Gasteiger partial charge in [0.25, 0.3) is 0 Å². The molecule has 0 aliphatic rings. The van der Waals surface area contributed by atoms with Crippen molar-refractivity contribution in [3.05, 3.63) is 51.4 Å². The van der Waals surface area contributed by atoms with Crippen LogP contribution in [0.2, 0.25) is 0 Å². The number of thioether (sulfide) groups is 1. The molecule has 0 atom stereocenters. The minimum atomic E-state index is -0.268. The third kappa shape index (κ3) is 5.76. The van der Waals surface area contributed by atoms with E-state index in [-0.39, 0.29) is 23.6 Å². The highest BCUT2D eigenvalue weighted by Crippen LogP contribution is 2.30. The molecule has 9 nitrogen and oxygen atoms in total. The van der Waals surface area contributed by atoms with Gasteiger partial charge in [0.05, 0.1) is 27.5 Å². The number of pyridine rings is 1. The molecule has 2 heterocycles. The van der Waals surface area contributed by atoms with Crippen LogP contribution < -0.4 is 25.0 Å². The monoisotopic (exact) mass is 462 g/mol. The molecule has 0 aliphatic heterocycles. The average Bonchev–Trinajstić information content (AvgIpc) is 3.18. The van der Waals surface area contributed by atoms with Crippen LogP contribution in [0.3, 0.4) is 0 Å². The smallest absolute Gasteiger partial charge is 0.244 e. The van der Waals surface area contributed by atoms with Crippen LogP contribution >= 0.6 is 23.1 Å². The summed E-state index contributed by atoms with van der Waals surface area (Å²) >= 11 is 2.93. The second-order valence-corrected chi connectivity index (χ2v) is 8.72. The minimum Gasteiger partial charge on any atom is -0.493 e. The van der Waals surface area contributed by atoms with E-state index in [1.807, 2.05) is 6.92 Å². The molecule has 3 rings (SSSR count). The minimum absolute atomic E-state index is 0.00394. The fraction of sp³-hybridized carbons (Fsp3) is 0.300. The van der Waals surface area contributed by atoms with Crippen LogP contribution in [0.1, 0.15) is 10.7 Å². The molecule has 0 bridgehead atoms. The Morgan fingerprint density at radius 3 is 2.48 bits per heavy atom. The van der Waals surface area contributed by atoms with E-state index in [0.29, 0.717) is 28.6 Å². The molecule has 1 amide bonds. The predicted molar refractivity (Wildman–Crippen MR) is 120 cm³/mol. The number of carbonyl (C=O) groups excluding carboxylic acids is 1. The van der Waals surface area contributed by atoms with Crippen LogP contribution in [0.4, 0.5) is 5.69 Å². The first kappa shape index (κ1) is 22.6. The number of carbonyl (C=O) groups is 1. The molecule has 31 heavy (non-hydrogen) atoms. The number of hydrogen-bond donors (Lipinski definition) is 1. The zero-order valence-corrected chi connectivity index (χ0v) is 19.1. The van der Waals surface area contributed by atoms with Crippen LogP contribution in [-0.2, 0) is 17.1 Å². The molecule has 0 unspecified atom stereocenters. The summed E-state index contributed by atoms with van der Waals surface area (Å²) in [5.74, 6) is 1.43. The number of anilines is 1. The van der Waals surface area contributed by atoms with E-state index < -0.39 is 0 Å². The van der Waals surface area contributed by atoms with E-state index >= 15 is 0 Å². The Morgan fingerprint density at radius 2 is 1.84 bits per heavy atom. The van der Waals surface area contributed by atoms with Crippen molar-refractivity contribution in [1.29, 1.82) is 0 Å². The van der Waals surface area contributed by atoms with Crippen molar-refractivity contribution in [1.82, 2.24) is 14.8 Å². The normalized spacial score (nSPS) is 10.6. The summed E-state index contributed by atoms with van der Waals surface area (Å²) in [7, 11) is 4.49. The molecular weight excluding hydrogens is 440 g/mol. The number of aryl methyl sites for hydroxylation is 1. The standard InChI is InChI=1S/C20H22N4O5S2/c1-12-22-23-20(31-12)30-11-14-8-15(25)18(29-4)9-24(14)10-19(26)21-13-5-6-16(27-2)17(7-13)28-3/h5-9H,10-11H2,1-4H3,(H,21,26). The number of benzene rings is 1. The third-order valence-corrected chi connectivity index (χ3v) is 6.24. The molecular formula is C20H22N4O5S2. The van der Waals surface area contributed by atoms with Crippen LogP contribution in [0.15, 0.2) is 39.6 Å². The molecule has 0 saturated carbocycles. The van der Waals surface area contributed by atoms with Gasteiger partial charge in [0.1, 0.15) is 11.6 Å². The summed E-state index contributed by atoms with van der Waals surface area (Å²) in [6.07, 6.45) is 1.54. The van der Waals surface area contributed by atoms with Gasteiger partial charge in [-0.25, -0.2) is 0 Å². The van der Waals surface area contributed by atoms with Crippen molar-refractivity contribution in [2.75, 3.05) is 26.6 Å². The average molecular weight is 463 g/mol. The van der Waals surface area contributed by atoms with Gasteiger partial charge in [-0.15, -0.1) is 10.2 Å². The lowest BCUT2D eigenvalue weighted by molar-refractivity contribution is -0.116. The van der Waals surface area contributed by atoms with Crippen molar-refractivity contribution in [2.24, 2.45) is 0 Å². The van der Waals surface area contributed by atoms with Gasteiger partial charge in [0.2, 0.25) is 11.3 Å². The first-order valence-corrected chi connectivity index (χ1v) is 11.0. The van der Waals surface area contributed by atoms with Gasteiger partial charge < -0.3 is 24.1 Å². The highest BCUT2D eigenvalue weighted by molar-refractivity contribution is 8.00. The van der Waals surface area contributed by atoms with Gasteiger partial charge >= 0.3 is 0 Å². The summed E-state index contributed by atoms with van der Waals surface area (Å²) in [6, 6.07) is 6.59. The second kappa shape index (κ2) is 10.3. The molecule has 3 aromatic rings. The molecule has 0 saturated heterocycles. The van der Waals surface area contributed by atoms with Crippen molar-refractivity contribution in [3.63, 3.8) is 0 Å². The molecule has 1 aromatic carbocycles. The Kier molecular flexibility index (Phi) is 7.53. The Bertz CT molecular complexity index is 1130. The Hall–Kier alpha value is -3.05. The van der Waals surface area contributed by atoms with Crippen molar-refractivity contribution < 1.29 is 19.0 Å². The topological polar surface area (TPSA) is 105 Å². The van der Waals surface area contributed by atoms with Gasteiger partial charge in [-0.3, -0.25) is 9.59 Å². The quantitative estimate of drug-likeness (QED) is 0.484. The number of methoxy groups -OCH3 is 3. The lowest BCUT2D eigenvalue weighted by Crippen LogP contribution is -2.22. The van der Waals surface area contributed by atoms with Gasteiger partial charge in [-0.2, -0.15) is 0 Å². The number of amides is 1. The van der Waals surface area contributed by atoms with E-state index in [1.54, 1.807) is 29.9 Å². The number of ether oxygens (including phenoxy) is 3. The zero-order chi connectivity index (χ0) is 22.4. The SMILES string of the molecule is COc1ccc(NC(=O)Cn2cc(OC)c(=O)cc2CSc2nnc(C)s2)cc1OC. The number of nitrogens with one attached hydrogen (secondary N) is 1. The van der Waals surface area contributed by atoms with Gasteiger partial charge in [0.15, 0.2) is 21.6 Å². The zero-order valence-electron chi connectivity index (χ0n) is 17.5. The number of aromatic nitrogens is 3. The molecule has 0 fully saturated rings. The number of rotatable bonds is 9. The predicted octanol–water partition coefficient (Wildman–Crippen LogP) is 2.97. The van der Waals surface area contributed by atoms with Crippen LogP contribution in [0, 0.1) is 6.92 Å². The number of hydrogen-bond acceptors (Lipinski definition) is 9. The molecule has 164 valence electrons. The second-order valence-electron chi connectivity index (χ2n) is 6.32. The lowest BCUT2D eigenvalue weighted by Gasteiger charge is -2.15. The lowest BCUT2D eigenvalue weighted by atomic mass is 10.2. The molecule has 11 heteroatoms. The van der Waals surface area contributed by atoms with Crippen molar-refractivity contribution >= 4 is 34.7 Å². The fourth-order valence-corrected chi connectivity index (χ4v) is 4.57. The molecule has 0 aliphatic carbocycles. The van der Waals surface area contributed by atoms with Crippen molar-refractivity contribution in [2.45, 2.75) is 23.6 Å². The fourth-order valence-electron chi connectivity index (χ4n) is 2.76. The first-order valence-electron chi connectivity index (χ1n) is 9.15. The highest BCUT2D eigenvalue weighted by atomic mass is 32.2. The van der Waals surface area contributed by atoms with E-state index in [2.05, 4.69) is 15.5 Å². The summed E-state index contributed by atoms with van der Waals surface area (Å²) in [6.45, 7) is 1.87. The summed E-state index contributed by atoms with van der Waals surface area (Å²) in [4.78, 5) is 24.9. The first-order chi connectivity index (χ1) is 14.9. The summed E-state index contributed by atoms with van der Waals surface area (Å²) < 4.78 is 18.1. The van der Waals surface area contributed by atoms with Crippen LogP contribution in [0.25, 0.3) is 0 Å². The molecule has 0 radical (unpaired) electrons. The largest absolute Gasteiger partial charge is 0.493 e. The molecule has 0 spiro atoms. The van der Waals surface area contributed by atoms with E-state index in [9.17, 15) is 9.59 Å².